The van der Waals surface area contributed by atoms with E-state index in [0.717, 1.165) is 28.9 Å². The molecule has 0 radical (unpaired) electrons. The first-order valence-electron chi connectivity index (χ1n) is 6.27. The maximum atomic E-state index is 12.3. The van der Waals surface area contributed by atoms with Crippen LogP contribution in [-0.4, -0.2) is 15.1 Å². The summed E-state index contributed by atoms with van der Waals surface area (Å²) in [7, 11) is 0. The second-order valence-electron chi connectivity index (χ2n) is 4.53. The summed E-state index contributed by atoms with van der Waals surface area (Å²) in [5.74, 6) is 0.460. The molecule has 0 aliphatic rings. The molecule has 0 saturated carbocycles. The van der Waals surface area contributed by atoms with Crippen LogP contribution in [0.15, 0.2) is 35.3 Å². The summed E-state index contributed by atoms with van der Waals surface area (Å²) < 4.78 is 1.59. The minimum atomic E-state index is 0.00940. The summed E-state index contributed by atoms with van der Waals surface area (Å²) in [6, 6.07) is 7.59. The lowest BCUT2D eigenvalue weighted by molar-refractivity contribution is 0.417. The zero-order chi connectivity index (χ0) is 13.0. The van der Waals surface area contributed by atoms with Gasteiger partial charge in [-0.2, -0.15) is 5.10 Å². The highest BCUT2D eigenvalue weighted by Gasteiger charge is 2.10. The van der Waals surface area contributed by atoms with Crippen LogP contribution in [0.3, 0.4) is 0 Å². The quantitative estimate of drug-likeness (QED) is 0.795. The van der Waals surface area contributed by atoms with E-state index in [1.54, 1.807) is 10.9 Å². The third-order valence-corrected chi connectivity index (χ3v) is 4.02. The van der Waals surface area contributed by atoms with Gasteiger partial charge in [-0.3, -0.25) is 4.79 Å². The number of hydrogen-bond acceptors (Lipinski definition) is 2. The van der Waals surface area contributed by atoms with Gasteiger partial charge in [-0.15, -0.1) is 0 Å². The first kappa shape index (κ1) is 13.3. The molecule has 0 amide bonds. The molecular formula is C14H17BrN2O. The highest BCUT2D eigenvalue weighted by atomic mass is 79.9. The van der Waals surface area contributed by atoms with Gasteiger partial charge in [-0.1, -0.05) is 47.5 Å². The number of fused-ring (bicyclic) bond motifs is 1. The van der Waals surface area contributed by atoms with Gasteiger partial charge in [0.2, 0.25) is 0 Å². The van der Waals surface area contributed by atoms with Crippen LogP contribution in [0.25, 0.3) is 10.8 Å². The molecule has 0 spiro atoms. The lowest BCUT2D eigenvalue weighted by Crippen LogP contribution is -2.27. The Balaban J connectivity index is 2.34. The molecule has 1 heterocycles. The Morgan fingerprint density at radius 2 is 2.17 bits per heavy atom. The van der Waals surface area contributed by atoms with Crippen molar-refractivity contribution in [2.75, 3.05) is 5.33 Å². The molecule has 0 N–H and O–H groups in total. The van der Waals surface area contributed by atoms with Crippen molar-refractivity contribution < 1.29 is 0 Å². The number of alkyl halides is 1. The van der Waals surface area contributed by atoms with E-state index >= 15 is 0 Å². The van der Waals surface area contributed by atoms with Crippen LogP contribution >= 0.6 is 15.9 Å². The average Bonchev–Trinajstić information content (AvgIpc) is 2.41. The minimum absolute atomic E-state index is 0.00940. The molecule has 18 heavy (non-hydrogen) atoms. The molecule has 3 nitrogen and oxygen atoms in total. The van der Waals surface area contributed by atoms with Crippen LogP contribution in [-0.2, 0) is 6.54 Å². The van der Waals surface area contributed by atoms with Crippen molar-refractivity contribution in [1.82, 2.24) is 9.78 Å². The first-order chi connectivity index (χ1) is 8.76. The van der Waals surface area contributed by atoms with Crippen molar-refractivity contribution in [3.63, 3.8) is 0 Å². The second-order valence-corrected chi connectivity index (χ2v) is 5.18. The van der Waals surface area contributed by atoms with Crippen LogP contribution < -0.4 is 5.56 Å². The van der Waals surface area contributed by atoms with Crippen LogP contribution in [0.4, 0.5) is 0 Å². The number of hydrogen-bond donors (Lipinski definition) is 0. The van der Waals surface area contributed by atoms with E-state index in [1.165, 1.54) is 0 Å². The summed E-state index contributed by atoms with van der Waals surface area (Å²) in [5, 5.41) is 6.82. The highest BCUT2D eigenvalue weighted by molar-refractivity contribution is 9.09. The molecule has 0 aliphatic carbocycles. The predicted molar refractivity (Wildman–Crippen MR) is 78.2 cm³/mol. The normalized spacial score (nSPS) is 12.8. The highest BCUT2D eigenvalue weighted by Crippen LogP contribution is 2.12. The molecule has 1 atom stereocenters. The van der Waals surface area contributed by atoms with Crippen molar-refractivity contribution in [1.29, 1.82) is 0 Å². The fourth-order valence-electron chi connectivity index (χ4n) is 2.13. The molecule has 1 aromatic heterocycles. The minimum Gasteiger partial charge on any atom is -0.267 e. The van der Waals surface area contributed by atoms with E-state index in [4.69, 9.17) is 0 Å². The van der Waals surface area contributed by atoms with Crippen molar-refractivity contribution in [2.24, 2.45) is 5.92 Å². The molecule has 0 saturated heterocycles. The monoisotopic (exact) mass is 308 g/mol. The van der Waals surface area contributed by atoms with Gasteiger partial charge in [0.25, 0.3) is 5.56 Å². The third-order valence-electron chi connectivity index (χ3n) is 3.11. The Morgan fingerprint density at radius 1 is 1.39 bits per heavy atom. The van der Waals surface area contributed by atoms with Gasteiger partial charge in [-0.05, 0) is 18.4 Å². The SMILES string of the molecule is CCCC(CBr)Cn1ncc2ccccc2c1=O. The topological polar surface area (TPSA) is 34.9 Å². The van der Waals surface area contributed by atoms with Crippen molar-refractivity contribution >= 4 is 26.7 Å². The fraction of sp³-hybridized carbons (Fsp3) is 0.429. The maximum absolute atomic E-state index is 12.3. The summed E-state index contributed by atoms with van der Waals surface area (Å²) in [4.78, 5) is 12.3. The Morgan fingerprint density at radius 3 is 2.89 bits per heavy atom. The molecule has 0 aliphatic heterocycles. The van der Waals surface area contributed by atoms with Crippen molar-refractivity contribution in [2.45, 2.75) is 26.3 Å². The molecule has 2 aromatic rings. The van der Waals surface area contributed by atoms with Crippen LogP contribution in [0, 0.1) is 5.92 Å². The van der Waals surface area contributed by atoms with Crippen LogP contribution in [0.1, 0.15) is 19.8 Å². The van der Waals surface area contributed by atoms with Gasteiger partial charge in [0.05, 0.1) is 11.6 Å². The smallest absolute Gasteiger partial charge is 0.267 e. The van der Waals surface area contributed by atoms with E-state index in [1.807, 2.05) is 24.3 Å². The molecule has 1 aromatic carbocycles. The van der Waals surface area contributed by atoms with Gasteiger partial charge in [0.15, 0.2) is 0 Å². The van der Waals surface area contributed by atoms with E-state index in [9.17, 15) is 4.79 Å². The molecule has 96 valence electrons. The van der Waals surface area contributed by atoms with Crippen molar-refractivity contribution in [3.05, 3.63) is 40.8 Å². The van der Waals surface area contributed by atoms with Gasteiger partial charge >= 0.3 is 0 Å². The fourth-order valence-corrected chi connectivity index (χ4v) is 2.66. The first-order valence-corrected chi connectivity index (χ1v) is 7.39. The molecule has 1 unspecified atom stereocenters. The Hall–Kier alpha value is -1.16. The van der Waals surface area contributed by atoms with Crippen molar-refractivity contribution in [3.8, 4) is 0 Å². The standard InChI is InChI=1S/C14H17BrN2O/c1-2-5-11(8-15)10-17-14(18)13-7-4-3-6-12(13)9-16-17/h3-4,6-7,9,11H,2,5,8,10H2,1H3. The van der Waals surface area contributed by atoms with Crippen LogP contribution in [0.2, 0.25) is 0 Å². The lowest BCUT2D eigenvalue weighted by Gasteiger charge is -2.14. The summed E-state index contributed by atoms with van der Waals surface area (Å²) >= 11 is 3.51. The number of benzene rings is 1. The summed E-state index contributed by atoms with van der Waals surface area (Å²) in [6.45, 7) is 2.84. The Bertz CT molecular complexity index is 579. The zero-order valence-corrected chi connectivity index (χ0v) is 12.1. The summed E-state index contributed by atoms with van der Waals surface area (Å²) in [6.07, 6.45) is 4.00. The molecule has 2 rings (SSSR count). The summed E-state index contributed by atoms with van der Waals surface area (Å²) in [5.41, 5.74) is 0.00940. The molecule has 0 fully saturated rings. The second kappa shape index (κ2) is 6.14. The zero-order valence-electron chi connectivity index (χ0n) is 10.5. The number of rotatable bonds is 5. The van der Waals surface area contributed by atoms with E-state index in [-0.39, 0.29) is 5.56 Å². The van der Waals surface area contributed by atoms with Gasteiger partial charge in [-0.25, -0.2) is 4.68 Å². The number of nitrogens with zero attached hydrogens (tertiary/aromatic N) is 2. The van der Waals surface area contributed by atoms with E-state index in [2.05, 4.69) is 28.0 Å². The lowest BCUT2D eigenvalue weighted by atomic mass is 10.1. The van der Waals surface area contributed by atoms with Gasteiger partial charge in [0, 0.05) is 17.3 Å². The number of aromatic nitrogens is 2. The molecule has 0 bridgehead atoms. The van der Waals surface area contributed by atoms with Gasteiger partial charge in [0.1, 0.15) is 0 Å². The average molecular weight is 309 g/mol. The van der Waals surface area contributed by atoms with Crippen LogP contribution in [0.5, 0.6) is 0 Å². The number of halogens is 1. The largest absolute Gasteiger partial charge is 0.274 e. The molecule has 4 heteroatoms. The maximum Gasteiger partial charge on any atom is 0.274 e. The van der Waals surface area contributed by atoms with E-state index < -0.39 is 0 Å². The third kappa shape index (κ3) is 2.80. The Labute approximate surface area is 115 Å². The predicted octanol–water partition coefficient (Wildman–Crippen LogP) is 3.21. The van der Waals surface area contributed by atoms with E-state index in [0.29, 0.717) is 12.5 Å². The molecular weight excluding hydrogens is 292 g/mol. The van der Waals surface area contributed by atoms with Gasteiger partial charge < -0.3 is 0 Å². The Kier molecular flexibility index (Phi) is 4.53.